The first-order chi connectivity index (χ1) is 14.2. The first-order valence-corrected chi connectivity index (χ1v) is 9.88. The van der Waals surface area contributed by atoms with Gasteiger partial charge in [0, 0.05) is 6.07 Å². The highest BCUT2D eigenvalue weighted by molar-refractivity contribution is 6.02. The molecule has 1 aliphatic rings. The molecule has 3 heterocycles. The molecule has 0 bridgehead atoms. The molecule has 1 aliphatic heterocycles. The van der Waals surface area contributed by atoms with E-state index in [0.29, 0.717) is 17.3 Å². The first kappa shape index (κ1) is 19.1. The summed E-state index contributed by atoms with van der Waals surface area (Å²) in [7, 11) is 0. The number of nitrogens with zero attached hydrogens (tertiary/aromatic N) is 4. The lowest BCUT2D eigenvalue weighted by molar-refractivity contribution is 0.102. The van der Waals surface area contributed by atoms with Crippen molar-refractivity contribution in [1.29, 1.82) is 0 Å². The number of aryl methyl sites for hydroxylation is 1. The van der Waals surface area contributed by atoms with Crippen LogP contribution < -0.4 is 15.4 Å². The number of pyridine rings is 1. The summed E-state index contributed by atoms with van der Waals surface area (Å²) < 4.78 is 7.57. The molecule has 1 amide bonds. The Morgan fingerprint density at radius 1 is 1.28 bits per heavy atom. The topological polar surface area (TPSA) is 94.0 Å². The van der Waals surface area contributed by atoms with Gasteiger partial charge in [0.2, 0.25) is 5.88 Å². The molecule has 1 aromatic carbocycles. The summed E-state index contributed by atoms with van der Waals surface area (Å²) in [4.78, 5) is 16.7. The fraction of sp³-hybridized carbons (Fsp3) is 0.333. The molecule has 0 spiro atoms. The standard InChI is InChI=1S/C21H24N6O2/c1-2-15-4-3-5-18(12-15)29-20-7-6-16(13-23-20)24-21(28)19-14-27(26-25-19)17-8-10-22-11-9-17/h3-7,12-14,17,22H,2,8-11H2,1H3,(H,24,28). The van der Waals surface area contributed by atoms with Crippen LogP contribution >= 0.6 is 0 Å². The summed E-state index contributed by atoms with van der Waals surface area (Å²) in [5.41, 5.74) is 2.06. The predicted octanol–water partition coefficient (Wildman–Crippen LogP) is 3.20. The first-order valence-electron chi connectivity index (χ1n) is 9.88. The zero-order valence-corrected chi connectivity index (χ0v) is 16.3. The molecule has 0 unspecified atom stereocenters. The second-order valence-corrected chi connectivity index (χ2v) is 7.01. The highest BCUT2D eigenvalue weighted by Crippen LogP contribution is 2.22. The number of benzene rings is 1. The third kappa shape index (κ3) is 4.78. The summed E-state index contributed by atoms with van der Waals surface area (Å²) >= 11 is 0. The lowest BCUT2D eigenvalue weighted by Crippen LogP contribution is -2.29. The van der Waals surface area contributed by atoms with Gasteiger partial charge >= 0.3 is 0 Å². The van der Waals surface area contributed by atoms with Crippen LogP contribution in [0.5, 0.6) is 11.6 Å². The van der Waals surface area contributed by atoms with Crippen molar-refractivity contribution >= 4 is 11.6 Å². The van der Waals surface area contributed by atoms with Crippen LogP contribution in [-0.2, 0) is 6.42 Å². The number of rotatable bonds is 6. The second kappa shape index (κ2) is 8.83. The van der Waals surface area contributed by atoms with Gasteiger partial charge in [0.05, 0.1) is 24.1 Å². The van der Waals surface area contributed by atoms with Gasteiger partial charge in [-0.3, -0.25) is 4.79 Å². The van der Waals surface area contributed by atoms with Crippen molar-refractivity contribution in [2.45, 2.75) is 32.2 Å². The van der Waals surface area contributed by atoms with Crippen molar-refractivity contribution < 1.29 is 9.53 Å². The summed E-state index contributed by atoms with van der Waals surface area (Å²) in [5.74, 6) is 0.896. The molecular weight excluding hydrogens is 368 g/mol. The number of amides is 1. The van der Waals surface area contributed by atoms with E-state index in [9.17, 15) is 4.79 Å². The Morgan fingerprint density at radius 2 is 2.14 bits per heavy atom. The number of hydrogen-bond acceptors (Lipinski definition) is 6. The zero-order chi connectivity index (χ0) is 20.1. The van der Waals surface area contributed by atoms with Gasteiger partial charge in [-0.1, -0.05) is 24.3 Å². The van der Waals surface area contributed by atoms with E-state index in [1.165, 1.54) is 5.56 Å². The zero-order valence-electron chi connectivity index (χ0n) is 16.3. The minimum Gasteiger partial charge on any atom is -0.439 e. The van der Waals surface area contributed by atoms with Crippen molar-refractivity contribution in [2.75, 3.05) is 18.4 Å². The highest BCUT2D eigenvalue weighted by Gasteiger charge is 2.19. The van der Waals surface area contributed by atoms with Gasteiger partial charge in [-0.05, 0) is 56.1 Å². The van der Waals surface area contributed by atoms with Gasteiger partial charge in [-0.15, -0.1) is 5.10 Å². The van der Waals surface area contributed by atoms with Crippen molar-refractivity contribution in [2.24, 2.45) is 0 Å². The van der Waals surface area contributed by atoms with Crippen LogP contribution in [0.3, 0.4) is 0 Å². The molecule has 1 saturated heterocycles. The van der Waals surface area contributed by atoms with Crippen LogP contribution in [0.4, 0.5) is 5.69 Å². The number of carbonyl (C=O) groups is 1. The van der Waals surface area contributed by atoms with Gasteiger partial charge in [0.15, 0.2) is 5.69 Å². The number of carbonyl (C=O) groups excluding carboxylic acids is 1. The molecule has 0 radical (unpaired) electrons. The quantitative estimate of drug-likeness (QED) is 0.669. The maximum absolute atomic E-state index is 12.5. The second-order valence-electron chi connectivity index (χ2n) is 7.01. The minimum atomic E-state index is -0.309. The summed E-state index contributed by atoms with van der Waals surface area (Å²) in [5, 5.41) is 14.2. The Labute approximate surface area is 169 Å². The van der Waals surface area contributed by atoms with Gasteiger partial charge in [-0.25, -0.2) is 9.67 Å². The molecule has 0 saturated carbocycles. The van der Waals surface area contributed by atoms with Crippen LogP contribution in [0.1, 0.15) is 41.9 Å². The van der Waals surface area contributed by atoms with E-state index < -0.39 is 0 Å². The molecule has 4 rings (SSSR count). The van der Waals surface area contributed by atoms with E-state index in [-0.39, 0.29) is 11.9 Å². The number of nitrogens with one attached hydrogen (secondary N) is 2. The van der Waals surface area contributed by atoms with E-state index in [2.05, 4.69) is 38.9 Å². The third-order valence-corrected chi connectivity index (χ3v) is 4.95. The molecule has 3 aromatic rings. The van der Waals surface area contributed by atoms with Gasteiger partial charge in [-0.2, -0.15) is 0 Å². The minimum absolute atomic E-state index is 0.287. The Morgan fingerprint density at radius 3 is 2.90 bits per heavy atom. The molecule has 8 heteroatoms. The number of aromatic nitrogens is 4. The van der Waals surface area contributed by atoms with Crippen molar-refractivity contribution in [1.82, 2.24) is 25.3 Å². The maximum Gasteiger partial charge on any atom is 0.277 e. The number of piperidine rings is 1. The molecule has 2 aromatic heterocycles. The van der Waals surface area contributed by atoms with Crippen molar-refractivity contribution in [3.8, 4) is 11.6 Å². The van der Waals surface area contributed by atoms with E-state index >= 15 is 0 Å². The fourth-order valence-corrected chi connectivity index (χ4v) is 3.29. The van der Waals surface area contributed by atoms with Crippen LogP contribution in [-0.4, -0.2) is 39.0 Å². The molecule has 29 heavy (non-hydrogen) atoms. The van der Waals surface area contributed by atoms with Crippen LogP contribution in [0.25, 0.3) is 0 Å². The Hall–Kier alpha value is -3.26. The third-order valence-electron chi connectivity index (χ3n) is 4.95. The molecule has 1 fully saturated rings. The fourth-order valence-electron chi connectivity index (χ4n) is 3.29. The Balaban J connectivity index is 1.37. The number of hydrogen-bond donors (Lipinski definition) is 2. The smallest absolute Gasteiger partial charge is 0.277 e. The lowest BCUT2D eigenvalue weighted by atomic mass is 10.1. The predicted molar refractivity (Wildman–Crippen MR) is 109 cm³/mol. The van der Waals surface area contributed by atoms with Crippen LogP contribution in [0.15, 0.2) is 48.8 Å². The van der Waals surface area contributed by atoms with Crippen LogP contribution in [0.2, 0.25) is 0 Å². The highest BCUT2D eigenvalue weighted by atomic mass is 16.5. The van der Waals surface area contributed by atoms with Gasteiger partial charge in [0.1, 0.15) is 5.75 Å². The Kier molecular flexibility index (Phi) is 5.81. The Bertz CT molecular complexity index is 963. The molecular formula is C21H24N6O2. The van der Waals surface area contributed by atoms with E-state index in [0.717, 1.165) is 38.1 Å². The number of ether oxygens (including phenoxy) is 1. The summed E-state index contributed by atoms with van der Waals surface area (Å²) in [6.45, 7) is 4.00. The largest absolute Gasteiger partial charge is 0.439 e. The van der Waals surface area contributed by atoms with Gasteiger partial charge in [0.25, 0.3) is 5.91 Å². The maximum atomic E-state index is 12.5. The van der Waals surface area contributed by atoms with E-state index in [1.54, 1.807) is 29.2 Å². The molecule has 0 atom stereocenters. The SMILES string of the molecule is CCc1cccc(Oc2ccc(NC(=O)c3cn(C4CCNCC4)nn3)cn2)c1. The van der Waals surface area contributed by atoms with Crippen molar-refractivity contribution in [3.05, 3.63) is 60.0 Å². The van der Waals surface area contributed by atoms with E-state index in [1.807, 2.05) is 18.2 Å². The normalized spacial score (nSPS) is 14.5. The molecule has 150 valence electrons. The monoisotopic (exact) mass is 392 g/mol. The lowest BCUT2D eigenvalue weighted by Gasteiger charge is -2.22. The number of anilines is 1. The van der Waals surface area contributed by atoms with E-state index in [4.69, 9.17) is 4.74 Å². The molecule has 8 nitrogen and oxygen atoms in total. The average Bonchev–Trinajstić information content (AvgIpc) is 3.26. The molecule has 2 N–H and O–H groups in total. The van der Waals surface area contributed by atoms with Crippen molar-refractivity contribution in [3.63, 3.8) is 0 Å². The molecule has 0 aliphatic carbocycles. The summed E-state index contributed by atoms with van der Waals surface area (Å²) in [6, 6.07) is 11.7. The summed E-state index contributed by atoms with van der Waals surface area (Å²) in [6.07, 6.45) is 6.18. The average molecular weight is 392 g/mol. The van der Waals surface area contributed by atoms with Gasteiger partial charge < -0.3 is 15.4 Å². The van der Waals surface area contributed by atoms with Crippen LogP contribution in [0, 0.1) is 0 Å².